The molecule has 0 aromatic carbocycles. The second kappa shape index (κ2) is 6.80. The molecule has 4 nitrogen and oxygen atoms in total. The number of amidine groups is 1. The van der Waals surface area contributed by atoms with Crippen LogP contribution in [0.1, 0.15) is 6.92 Å². The van der Waals surface area contributed by atoms with Crippen LogP contribution in [0.2, 0.25) is 0 Å². The van der Waals surface area contributed by atoms with E-state index in [1.807, 2.05) is 6.92 Å². The van der Waals surface area contributed by atoms with Crippen LogP contribution in [0.15, 0.2) is 22.7 Å². The molecule has 0 amide bonds. The second-order valence-electron chi connectivity index (χ2n) is 1.82. The molecule has 0 spiro atoms. The minimum Gasteiger partial charge on any atom is -0.383 e. The van der Waals surface area contributed by atoms with E-state index < -0.39 is 0 Å². The Hall–Kier alpha value is -1.32. The third-order valence-electron chi connectivity index (χ3n) is 0.849. The van der Waals surface area contributed by atoms with Gasteiger partial charge in [0.25, 0.3) is 0 Å². The summed E-state index contributed by atoms with van der Waals surface area (Å²) in [7, 11) is 0. The van der Waals surface area contributed by atoms with Crippen molar-refractivity contribution in [3.8, 4) is 0 Å². The van der Waals surface area contributed by atoms with E-state index in [0.29, 0.717) is 12.4 Å². The van der Waals surface area contributed by atoms with Gasteiger partial charge in [-0.05, 0) is 6.92 Å². The number of hydrogen-bond acceptors (Lipinski definition) is 3. The van der Waals surface area contributed by atoms with Crippen LogP contribution >= 0.6 is 0 Å². The zero-order chi connectivity index (χ0) is 8.53. The number of nitrogens with two attached hydrogens (primary N) is 1. The largest absolute Gasteiger partial charge is 0.383 e. The van der Waals surface area contributed by atoms with Gasteiger partial charge in [0, 0.05) is 6.54 Å². The maximum absolute atomic E-state index is 5.41. The van der Waals surface area contributed by atoms with Crippen molar-refractivity contribution in [2.75, 3.05) is 13.1 Å². The van der Waals surface area contributed by atoms with Gasteiger partial charge in [-0.15, -0.1) is 6.58 Å². The summed E-state index contributed by atoms with van der Waals surface area (Å²) in [5.41, 5.74) is 8.15. The van der Waals surface area contributed by atoms with Gasteiger partial charge in [0.1, 0.15) is 5.84 Å². The van der Waals surface area contributed by atoms with Crippen LogP contribution in [0, 0.1) is 0 Å². The Labute approximate surface area is 66.9 Å². The summed E-state index contributed by atoms with van der Waals surface area (Å²) in [5, 5.41) is 3.78. The molecule has 0 bridgehead atoms. The molecule has 0 aliphatic carbocycles. The Morgan fingerprint density at radius 1 is 1.73 bits per heavy atom. The molecule has 0 aliphatic rings. The molecule has 0 unspecified atom stereocenters. The highest BCUT2D eigenvalue weighted by molar-refractivity contribution is 6.28. The van der Waals surface area contributed by atoms with Crippen molar-refractivity contribution in [1.82, 2.24) is 5.43 Å². The third kappa shape index (κ3) is 6.57. The lowest BCUT2D eigenvalue weighted by molar-refractivity contribution is 0.789. The first-order valence-electron chi connectivity index (χ1n) is 3.48. The first-order chi connectivity index (χ1) is 5.31. The number of aliphatic imine (C=N–C) groups is 1. The summed E-state index contributed by atoms with van der Waals surface area (Å²) in [6.07, 6.45) is 3.15. The van der Waals surface area contributed by atoms with E-state index in [0.717, 1.165) is 6.54 Å². The molecule has 0 rings (SSSR count). The van der Waals surface area contributed by atoms with Crippen molar-refractivity contribution in [2.24, 2.45) is 15.8 Å². The van der Waals surface area contributed by atoms with Crippen molar-refractivity contribution in [3.63, 3.8) is 0 Å². The molecular weight excluding hydrogens is 140 g/mol. The smallest absolute Gasteiger partial charge is 0.139 e. The van der Waals surface area contributed by atoms with Gasteiger partial charge in [0.05, 0.1) is 12.8 Å². The molecule has 62 valence electrons. The molecule has 0 aromatic rings. The average Bonchev–Trinajstić information content (AvgIpc) is 2.01. The predicted molar refractivity (Wildman–Crippen MR) is 48.9 cm³/mol. The summed E-state index contributed by atoms with van der Waals surface area (Å²) in [6.45, 7) is 6.77. The van der Waals surface area contributed by atoms with Gasteiger partial charge in [0.15, 0.2) is 0 Å². The summed E-state index contributed by atoms with van der Waals surface area (Å²) >= 11 is 0. The van der Waals surface area contributed by atoms with E-state index in [2.05, 4.69) is 22.1 Å². The zero-order valence-electron chi connectivity index (χ0n) is 6.75. The number of hydrazone groups is 1. The summed E-state index contributed by atoms with van der Waals surface area (Å²) in [4.78, 5) is 3.90. The van der Waals surface area contributed by atoms with Crippen molar-refractivity contribution < 1.29 is 0 Å². The molecule has 11 heavy (non-hydrogen) atoms. The highest BCUT2D eigenvalue weighted by Gasteiger charge is 1.80. The third-order valence-corrected chi connectivity index (χ3v) is 0.849. The van der Waals surface area contributed by atoms with Gasteiger partial charge in [-0.3, -0.25) is 4.99 Å². The predicted octanol–water partition coefficient (Wildman–Crippen LogP) is 0.125. The molecule has 0 saturated heterocycles. The van der Waals surface area contributed by atoms with Gasteiger partial charge in [-0.25, -0.2) is 0 Å². The molecule has 0 atom stereocenters. The Balaban J connectivity index is 3.64. The van der Waals surface area contributed by atoms with Crippen molar-refractivity contribution in [2.45, 2.75) is 6.92 Å². The second-order valence-corrected chi connectivity index (χ2v) is 1.82. The van der Waals surface area contributed by atoms with Crippen LogP contribution in [0.4, 0.5) is 0 Å². The Morgan fingerprint density at radius 3 is 3.00 bits per heavy atom. The molecule has 0 aliphatic heterocycles. The van der Waals surface area contributed by atoms with Crippen molar-refractivity contribution in [1.29, 1.82) is 0 Å². The lowest BCUT2D eigenvalue weighted by Gasteiger charge is -1.91. The maximum atomic E-state index is 5.41. The molecule has 0 radical (unpaired) electrons. The topological polar surface area (TPSA) is 62.8 Å². The van der Waals surface area contributed by atoms with E-state index in [1.54, 1.807) is 6.08 Å². The Bertz CT molecular complexity index is 160. The average molecular weight is 154 g/mol. The SMILES string of the molecule is C=CCN=C(N)/C=N\NCC. The Morgan fingerprint density at radius 2 is 2.45 bits per heavy atom. The van der Waals surface area contributed by atoms with E-state index in [9.17, 15) is 0 Å². The standard InChI is InChI=1S/C7H14N4/c1-3-5-9-7(8)6-11-10-4-2/h3,6,10H,1,4-5H2,2H3,(H2,8,9)/b11-6-. The van der Waals surface area contributed by atoms with E-state index in [-0.39, 0.29) is 0 Å². The van der Waals surface area contributed by atoms with Crippen LogP contribution in [0.3, 0.4) is 0 Å². The van der Waals surface area contributed by atoms with Gasteiger partial charge < -0.3 is 11.2 Å². The first-order valence-corrected chi connectivity index (χ1v) is 3.48. The van der Waals surface area contributed by atoms with Gasteiger partial charge in [-0.2, -0.15) is 5.10 Å². The molecule has 3 N–H and O–H groups in total. The number of nitrogens with zero attached hydrogens (tertiary/aromatic N) is 2. The monoisotopic (exact) mass is 154 g/mol. The molecule has 0 saturated carbocycles. The minimum absolute atomic E-state index is 0.408. The van der Waals surface area contributed by atoms with E-state index >= 15 is 0 Å². The van der Waals surface area contributed by atoms with Crippen LogP contribution < -0.4 is 11.2 Å². The quantitative estimate of drug-likeness (QED) is 0.256. The Kier molecular flexibility index (Phi) is 5.98. The van der Waals surface area contributed by atoms with Gasteiger partial charge in [-0.1, -0.05) is 6.08 Å². The van der Waals surface area contributed by atoms with Crippen LogP contribution in [0.25, 0.3) is 0 Å². The highest BCUT2D eigenvalue weighted by Crippen LogP contribution is 1.69. The van der Waals surface area contributed by atoms with Crippen LogP contribution in [-0.4, -0.2) is 25.1 Å². The number of hydrogen-bond donors (Lipinski definition) is 2. The lowest BCUT2D eigenvalue weighted by atomic mass is 10.6. The van der Waals surface area contributed by atoms with Crippen LogP contribution in [0.5, 0.6) is 0 Å². The van der Waals surface area contributed by atoms with Gasteiger partial charge in [0.2, 0.25) is 0 Å². The highest BCUT2D eigenvalue weighted by atomic mass is 15.3. The van der Waals surface area contributed by atoms with Gasteiger partial charge >= 0.3 is 0 Å². The normalized spacial score (nSPS) is 11.9. The van der Waals surface area contributed by atoms with E-state index in [4.69, 9.17) is 5.73 Å². The number of rotatable bonds is 5. The molecule has 0 aromatic heterocycles. The molecule has 4 heteroatoms. The molecular formula is C7H14N4. The van der Waals surface area contributed by atoms with E-state index in [1.165, 1.54) is 6.21 Å². The number of nitrogens with one attached hydrogen (secondary N) is 1. The fraction of sp³-hybridized carbons (Fsp3) is 0.429. The molecule has 0 heterocycles. The summed E-state index contributed by atoms with van der Waals surface area (Å²) < 4.78 is 0. The van der Waals surface area contributed by atoms with Crippen molar-refractivity contribution in [3.05, 3.63) is 12.7 Å². The zero-order valence-corrected chi connectivity index (χ0v) is 6.75. The van der Waals surface area contributed by atoms with Crippen LogP contribution in [-0.2, 0) is 0 Å². The fourth-order valence-corrected chi connectivity index (χ4v) is 0.414. The summed E-state index contributed by atoms with van der Waals surface area (Å²) in [5.74, 6) is 0.408. The fourth-order valence-electron chi connectivity index (χ4n) is 0.414. The molecule has 0 fully saturated rings. The maximum Gasteiger partial charge on any atom is 0.139 e. The minimum atomic E-state index is 0.408. The lowest BCUT2D eigenvalue weighted by Crippen LogP contribution is -2.16. The van der Waals surface area contributed by atoms with Crippen molar-refractivity contribution >= 4 is 12.1 Å². The first kappa shape index (κ1) is 9.68. The summed E-state index contributed by atoms with van der Waals surface area (Å²) in [6, 6.07) is 0.